The highest BCUT2D eigenvalue weighted by Gasteiger charge is 2.22. The number of carbonyl (C=O) groups excluding carboxylic acids is 1. The summed E-state index contributed by atoms with van der Waals surface area (Å²) in [5.74, 6) is 0.243. The number of nitrogen functional groups attached to an aromatic ring is 1. The van der Waals surface area contributed by atoms with Crippen LogP contribution in [0.15, 0.2) is 0 Å². The van der Waals surface area contributed by atoms with Gasteiger partial charge < -0.3 is 16.0 Å². The molecule has 18 heavy (non-hydrogen) atoms. The summed E-state index contributed by atoms with van der Waals surface area (Å²) in [6, 6.07) is 0.161. The van der Waals surface area contributed by atoms with Gasteiger partial charge >= 0.3 is 0 Å². The normalized spacial score (nSPS) is 16.9. The first-order chi connectivity index (χ1) is 8.61. The van der Waals surface area contributed by atoms with E-state index in [1.807, 2.05) is 13.8 Å². The Bertz CT molecular complexity index is 426. The van der Waals surface area contributed by atoms with E-state index in [2.05, 4.69) is 15.2 Å². The zero-order valence-electron chi connectivity index (χ0n) is 10.9. The Hall–Kier alpha value is -1.30. The van der Waals surface area contributed by atoms with Crippen LogP contribution in [0.4, 0.5) is 10.9 Å². The van der Waals surface area contributed by atoms with E-state index in [9.17, 15) is 4.79 Å². The van der Waals surface area contributed by atoms with Crippen LogP contribution in [0.1, 0.15) is 42.8 Å². The van der Waals surface area contributed by atoms with Crippen LogP contribution >= 0.6 is 11.3 Å². The van der Waals surface area contributed by atoms with Gasteiger partial charge in [0.05, 0.1) is 0 Å². The van der Waals surface area contributed by atoms with Gasteiger partial charge in [0.15, 0.2) is 5.13 Å². The molecule has 2 rings (SSSR count). The lowest BCUT2D eigenvalue weighted by atomic mass is 10.2. The first-order valence-electron chi connectivity index (χ1n) is 6.44. The van der Waals surface area contributed by atoms with Crippen LogP contribution in [0.3, 0.4) is 0 Å². The molecule has 0 aromatic carbocycles. The predicted octanol–water partition coefficient (Wildman–Crippen LogP) is 1.85. The first-order valence-corrected chi connectivity index (χ1v) is 7.25. The lowest BCUT2D eigenvalue weighted by molar-refractivity contribution is 0.0944. The zero-order valence-corrected chi connectivity index (χ0v) is 11.7. The molecule has 5 nitrogen and oxygen atoms in total. The van der Waals surface area contributed by atoms with Crippen LogP contribution < -0.4 is 16.0 Å². The molecule has 2 heterocycles. The summed E-state index contributed by atoms with van der Waals surface area (Å²) in [4.78, 5) is 19.1. The number of anilines is 2. The van der Waals surface area contributed by atoms with Crippen molar-refractivity contribution in [2.24, 2.45) is 0 Å². The maximum atomic E-state index is 12.0. The number of rotatable bonds is 4. The van der Waals surface area contributed by atoms with E-state index in [4.69, 9.17) is 5.73 Å². The second-order valence-corrected chi connectivity index (χ2v) is 5.67. The summed E-state index contributed by atoms with van der Waals surface area (Å²) in [7, 11) is 0. The highest BCUT2D eigenvalue weighted by atomic mass is 32.1. The average Bonchev–Trinajstić information content (AvgIpc) is 2.97. The highest BCUT2D eigenvalue weighted by molar-refractivity contribution is 7.18. The van der Waals surface area contributed by atoms with E-state index in [1.54, 1.807) is 0 Å². The Labute approximate surface area is 111 Å². The van der Waals surface area contributed by atoms with Crippen molar-refractivity contribution in [2.45, 2.75) is 39.2 Å². The van der Waals surface area contributed by atoms with Crippen molar-refractivity contribution in [3.8, 4) is 0 Å². The van der Waals surface area contributed by atoms with Crippen molar-refractivity contribution in [1.29, 1.82) is 0 Å². The molecule has 1 aromatic rings. The molecule has 0 aliphatic carbocycles. The van der Waals surface area contributed by atoms with Crippen LogP contribution in [0, 0.1) is 0 Å². The van der Waals surface area contributed by atoms with Gasteiger partial charge in [-0.1, -0.05) is 18.3 Å². The summed E-state index contributed by atoms with van der Waals surface area (Å²) in [6.07, 6.45) is 3.28. The molecule has 100 valence electrons. The summed E-state index contributed by atoms with van der Waals surface area (Å²) in [5.41, 5.74) is 5.84. The third-order valence-electron chi connectivity index (χ3n) is 3.21. The van der Waals surface area contributed by atoms with Gasteiger partial charge in [-0.25, -0.2) is 4.98 Å². The molecule has 0 saturated carbocycles. The molecule has 1 saturated heterocycles. The lowest BCUT2D eigenvalue weighted by Crippen LogP contribution is -2.31. The largest absolute Gasteiger partial charge is 0.382 e. The molecule has 1 aliphatic heterocycles. The second-order valence-electron chi connectivity index (χ2n) is 4.69. The minimum atomic E-state index is -0.107. The number of nitrogens with one attached hydrogen (secondary N) is 1. The topological polar surface area (TPSA) is 71.2 Å². The van der Waals surface area contributed by atoms with Crippen molar-refractivity contribution in [3.05, 3.63) is 4.88 Å². The monoisotopic (exact) mass is 268 g/mol. The average molecular weight is 268 g/mol. The predicted molar refractivity (Wildman–Crippen MR) is 75.2 cm³/mol. The summed E-state index contributed by atoms with van der Waals surface area (Å²) in [5, 5.41) is 3.80. The van der Waals surface area contributed by atoms with Gasteiger partial charge in [0.1, 0.15) is 10.7 Å². The third-order valence-corrected chi connectivity index (χ3v) is 4.35. The SMILES string of the molecule is CCC(C)NC(=O)c1sc(N2CCCC2)nc1N. The van der Waals surface area contributed by atoms with Gasteiger partial charge in [0.2, 0.25) is 0 Å². The van der Waals surface area contributed by atoms with E-state index >= 15 is 0 Å². The Balaban J connectivity index is 2.10. The van der Waals surface area contributed by atoms with Gasteiger partial charge in [-0.2, -0.15) is 0 Å². The maximum Gasteiger partial charge on any atom is 0.265 e. The van der Waals surface area contributed by atoms with E-state index in [0.29, 0.717) is 10.7 Å². The maximum absolute atomic E-state index is 12.0. The molecule has 1 unspecified atom stereocenters. The van der Waals surface area contributed by atoms with E-state index in [-0.39, 0.29) is 11.9 Å². The Morgan fingerprint density at radius 1 is 1.56 bits per heavy atom. The molecule has 1 aliphatic rings. The summed E-state index contributed by atoms with van der Waals surface area (Å²) in [6.45, 7) is 6.05. The fourth-order valence-electron chi connectivity index (χ4n) is 1.92. The first kappa shape index (κ1) is 13.1. The molecule has 0 radical (unpaired) electrons. The fourth-order valence-corrected chi connectivity index (χ4v) is 2.86. The minimum Gasteiger partial charge on any atom is -0.382 e. The lowest BCUT2D eigenvalue weighted by Gasteiger charge is -2.12. The number of carbonyl (C=O) groups is 1. The number of aromatic nitrogens is 1. The van der Waals surface area contributed by atoms with Gasteiger partial charge in [-0.05, 0) is 26.2 Å². The fraction of sp³-hybridized carbons (Fsp3) is 0.667. The van der Waals surface area contributed by atoms with Crippen LogP contribution in [0.25, 0.3) is 0 Å². The van der Waals surface area contributed by atoms with Crippen LogP contribution in [-0.2, 0) is 0 Å². The van der Waals surface area contributed by atoms with Crippen molar-refractivity contribution >= 4 is 28.2 Å². The van der Waals surface area contributed by atoms with E-state index in [1.165, 1.54) is 24.2 Å². The quantitative estimate of drug-likeness (QED) is 0.874. The van der Waals surface area contributed by atoms with Gasteiger partial charge in [-0.15, -0.1) is 0 Å². The smallest absolute Gasteiger partial charge is 0.265 e. The van der Waals surface area contributed by atoms with Crippen molar-refractivity contribution in [3.63, 3.8) is 0 Å². The minimum absolute atomic E-state index is 0.107. The van der Waals surface area contributed by atoms with Crippen LogP contribution in [0.5, 0.6) is 0 Å². The number of hydrogen-bond donors (Lipinski definition) is 2. The van der Waals surface area contributed by atoms with E-state index < -0.39 is 0 Å². The number of nitrogens with zero attached hydrogens (tertiary/aromatic N) is 2. The van der Waals surface area contributed by atoms with E-state index in [0.717, 1.165) is 24.6 Å². The Morgan fingerprint density at radius 2 is 2.22 bits per heavy atom. The molecule has 3 N–H and O–H groups in total. The van der Waals surface area contributed by atoms with Crippen LogP contribution in [0.2, 0.25) is 0 Å². The Morgan fingerprint density at radius 3 is 2.83 bits per heavy atom. The van der Waals surface area contributed by atoms with Gasteiger partial charge in [0.25, 0.3) is 5.91 Å². The molecular weight excluding hydrogens is 248 g/mol. The zero-order chi connectivity index (χ0) is 13.1. The number of nitrogens with two attached hydrogens (primary N) is 1. The number of thiazole rings is 1. The molecule has 1 amide bonds. The number of hydrogen-bond acceptors (Lipinski definition) is 5. The standard InChI is InChI=1S/C12H20N4OS/c1-3-8(2)14-11(17)9-10(13)15-12(18-9)16-6-4-5-7-16/h8H,3-7,13H2,1-2H3,(H,14,17). The van der Waals surface area contributed by atoms with Crippen LogP contribution in [-0.4, -0.2) is 30.0 Å². The Kier molecular flexibility index (Phi) is 4.06. The molecular formula is C12H20N4OS. The second kappa shape index (κ2) is 5.56. The van der Waals surface area contributed by atoms with Crippen molar-refractivity contribution < 1.29 is 4.79 Å². The van der Waals surface area contributed by atoms with Crippen molar-refractivity contribution in [1.82, 2.24) is 10.3 Å². The van der Waals surface area contributed by atoms with Crippen molar-refractivity contribution in [2.75, 3.05) is 23.7 Å². The summed E-state index contributed by atoms with van der Waals surface area (Å²) >= 11 is 1.40. The third kappa shape index (κ3) is 2.75. The van der Waals surface area contributed by atoms with Gasteiger partial charge in [-0.3, -0.25) is 4.79 Å². The molecule has 0 spiro atoms. The highest BCUT2D eigenvalue weighted by Crippen LogP contribution is 2.30. The molecule has 0 bridgehead atoms. The number of amides is 1. The molecule has 6 heteroatoms. The molecule has 1 aromatic heterocycles. The van der Waals surface area contributed by atoms with Gasteiger partial charge in [0, 0.05) is 19.1 Å². The summed E-state index contributed by atoms with van der Waals surface area (Å²) < 4.78 is 0. The molecule has 1 fully saturated rings. The molecule has 1 atom stereocenters.